The molecular formula is C11H15N. The molecular weight excluding hydrogens is 146 g/mol. The van der Waals surface area contributed by atoms with E-state index in [2.05, 4.69) is 12.2 Å². The highest BCUT2D eigenvalue weighted by molar-refractivity contribution is 5.50. The molecule has 6 fully saturated rings. The van der Waals surface area contributed by atoms with E-state index in [1.807, 2.05) is 0 Å². The first-order chi connectivity index (χ1) is 5.93. The fourth-order valence-electron chi connectivity index (χ4n) is 6.37. The van der Waals surface area contributed by atoms with E-state index in [0.29, 0.717) is 0 Å². The van der Waals surface area contributed by atoms with E-state index in [-0.39, 0.29) is 0 Å². The summed E-state index contributed by atoms with van der Waals surface area (Å²) in [6.07, 6.45) is 0. The van der Waals surface area contributed by atoms with E-state index in [4.69, 9.17) is 0 Å². The molecule has 0 heterocycles. The molecule has 0 amide bonds. The second-order valence-electron chi connectivity index (χ2n) is 5.78. The van der Waals surface area contributed by atoms with E-state index in [1.165, 1.54) is 54.5 Å². The van der Waals surface area contributed by atoms with Gasteiger partial charge in [0, 0.05) is 6.54 Å². The summed E-state index contributed by atoms with van der Waals surface area (Å²) in [5.74, 6) is 8.80. The van der Waals surface area contributed by atoms with Crippen molar-refractivity contribution in [3.8, 4) is 0 Å². The quantitative estimate of drug-likeness (QED) is 0.650. The SMILES string of the molecule is CCNCC12C3C4C5C3C1C5C42. The molecule has 0 saturated heterocycles. The van der Waals surface area contributed by atoms with Crippen LogP contribution in [0.3, 0.4) is 0 Å². The van der Waals surface area contributed by atoms with Crippen molar-refractivity contribution in [3.63, 3.8) is 0 Å². The van der Waals surface area contributed by atoms with Crippen LogP contribution in [-0.2, 0) is 0 Å². The zero-order valence-corrected chi connectivity index (χ0v) is 7.46. The van der Waals surface area contributed by atoms with Crippen molar-refractivity contribution in [2.45, 2.75) is 6.92 Å². The summed E-state index contributed by atoms with van der Waals surface area (Å²) < 4.78 is 0. The molecule has 0 aromatic rings. The van der Waals surface area contributed by atoms with E-state index in [0.717, 1.165) is 5.41 Å². The number of rotatable bonds is 3. The summed E-state index contributed by atoms with van der Waals surface area (Å²) in [5, 5.41) is 3.59. The zero-order valence-electron chi connectivity index (χ0n) is 7.46. The Labute approximate surface area is 72.9 Å². The topological polar surface area (TPSA) is 12.0 Å². The van der Waals surface area contributed by atoms with Crippen molar-refractivity contribution < 1.29 is 0 Å². The van der Waals surface area contributed by atoms with Crippen LogP contribution in [0.4, 0.5) is 0 Å². The summed E-state index contributed by atoms with van der Waals surface area (Å²) in [6.45, 7) is 4.79. The van der Waals surface area contributed by atoms with Crippen LogP contribution < -0.4 is 5.32 Å². The minimum atomic E-state index is 0.908. The molecule has 0 aliphatic heterocycles. The first-order valence-corrected chi connectivity index (χ1v) is 5.63. The van der Waals surface area contributed by atoms with Crippen molar-refractivity contribution >= 4 is 0 Å². The predicted molar refractivity (Wildman–Crippen MR) is 45.4 cm³/mol. The summed E-state index contributed by atoms with van der Waals surface area (Å²) in [4.78, 5) is 0. The van der Waals surface area contributed by atoms with Gasteiger partial charge < -0.3 is 5.32 Å². The molecule has 6 aliphatic rings. The first kappa shape index (κ1) is 5.64. The van der Waals surface area contributed by atoms with Crippen molar-refractivity contribution in [1.82, 2.24) is 5.32 Å². The Kier molecular flexibility index (Phi) is 0.569. The predicted octanol–water partition coefficient (Wildman–Crippen LogP) is 0.964. The lowest BCUT2D eigenvalue weighted by molar-refractivity contribution is -0.612. The molecule has 6 rings (SSSR count). The van der Waals surface area contributed by atoms with Crippen LogP contribution in [0.5, 0.6) is 0 Å². The van der Waals surface area contributed by atoms with Crippen molar-refractivity contribution in [3.05, 3.63) is 0 Å². The third-order valence-corrected chi connectivity index (χ3v) is 6.36. The minimum absolute atomic E-state index is 0.908. The van der Waals surface area contributed by atoms with E-state index >= 15 is 0 Å². The number of hydrogen-bond acceptors (Lipinski definition) is 1. The van der Waals surface area contributed by atoms with Gasteiger partial charge in [-0.1, -0.05) is 6.92 Å². The maximum atomic E-state index is 3.59. The molecule has 64 valence electrons. The molecule has 0 aromatic carbocycles. The molecule has 12 heavy (non-hydrogen) atoms. The van der Waals surface area contributed by atoms with Gasteiger partial charge in [0.25, 0.3) is 0 Å². The van der Waals surface area contributed by atoms with Crippen molar-refractivity contribution in [2.75, 3.05) is 13.1 Å². The highest BCUT2D eigenvalue weighted by Gasteiger charge is 3.03. The molecule has 1 N–H and O–H groups in total. The Hall–Kier alpha value is -0.0400. The Morgan fingerprint density at radius 3 is 2.08 bits per heavy atom. The molecule has 0 bridgehead atoms. The van der Waals surface area contributed by atoms with Gasteiger partial charge >= 0.3 is 0 Å². The smallest absolute Gasteiger partial charge is 0.00163 e. The maximum Gasteiger partial charge on any atom is 0.00163 e. The molecule has 6 aliphatic carbocycles. The van der Waals surface area contributed by atoms with Crippen LogP contribution in [0.25, 0.3) is 0 Å². The molecule has 1 nitrogen and oxygen atoms in total. The van der Waals surface area contributed by atoms with Crippen LogP contribution >= 0.6 is 0 Å². The summed E-state index contributed by atoms with van der Waals surface area (Å²) in [6, 6.07) is 0. The minimum Gasteiger partial charge on any atom is -0.316 e. The second kappa shape index (κ2) is 1.21. The lowest BCUT2D eigenvalue weighted by Crippen LogP contribution is -3.06. The summed E-state index contributed by atoms with van der Waals surface area (Å²) in [5.41, 5.74) is 0.908. The summed E-state index contributed by atoms with van der Waals surface area (Å²) in [7, 11) is 0. The monoisotopic (exact) mass is 161 g/mol. The van der Waals surface area contributed by atoms with Crippen LogP contribution in [0, 0.1) is 46.8 Å². The van der Waals surface area contributed by atoms with Crippen LogP contribution in [-0.4, -0.2) is 13.1 Å². The Morgan fingerprint density at radius 2 is 1.58 bits per heavy atom. The average Bonchev–Trinajstić information content (AvgIpc) is 2.15. The molecule has 0 atom stereocenters. The van der Waals surface area contributed by atoms with Crippen LogP contribution in [0.1, 0.15) is 6.92 Å². The van der Waals surface area contributed by atoms with Crippen molar-refractivity contribution in [2.24, 2.45) is 46.8 Å². The van der Waals surface area contributed by atoms with Gasteiger partial charge in [0.05, 0.1) is 0 Å². The van der Waals surface area contributed by atoms with Gasteiger partial charge in [0.2, 0.25) is 0 Å². The largest absolute Gasteiger partial charge is 0.316 e. The highest BCUT2D eigenvalue weighted by atomic mass is 15.1. The molecule has 0 unspecified atom stereocenters. The lowest BCUT2D eigenvalue weighted by atomic mass is 8.96. The van der Waals surface area contributed by atoms with Gasteiger partial charge in [-0.15, -0.1) is 0 Å². The van der Waals surface area contributed by atoms with Gasteiger partial charge in [-0.05, 0) is 53.4 Å². The zero-order chi connectivity index (χ0) is 7.66. The average molecular weight is 161 g/mol. The fraction of sp³-hybridized carbons (Fsp3) is 1.00. The van der Waals surface area contributed by atoms with Gasteiger partial charge in [-0.3, -0.25) is 0 Å². The van der Waals surface area contributed by atoms with Crippen LogP contribution in [0.2, 0.25) is 0 Å². The molecule has 0 aromatic heterocycles. The van der Waals surface area contributed by atoms with Gasteiger partial charge in [-0.2, -0.15) is 0 Å². The van der Waals surface area contributed by atoms with E-state index in [9.17, 15) is 0 Å². The highest BCUT2D eigenvalue weighted by Crippen LogP contribution is 3.05. The standard InChI is InChI=1S/C11H15N/c1-2-12-3-11-8-5-4-6(8)10(11)7(4)9(5)11/h4-10,12H,2-3H2,1H3. The molecule has 0 radical (unpaired) electrons. The molecule has 1 heteroatoms. The van der Waals surface area contributed by atoms with E-state index < -0.39 is 0 Å². The fourth-order valence-corrected chi connectivity index (χ4v) is 6.37. The molecule has 0 spiro atoms. The van der Waals surface area contributed by atoms with Crippen LogP contribution in [0.15, 0.2) is 0 Å². The maximum absolute atomic E-state index is 3.59. The normalized spacial score (nSPS) is 82.2. The molecule has 6 saturated carbocycles. The Bertz CT molecular complexity index is 245. The third kappa shape index (κ3) is 0.230. The van der Waals surface area contributed by atoms with Gasteiger partial charge in [0.1, 0.15) is 0 Å². The van der Waals surface area contributed by atoms with Gasteiger partial charge in [0.15, 0.2) is 0 Å². The first-order valence-electron chi connectivity index (χ1n) is 5.63. The van der Waals surface area contributed by atoms with E-state index in [1.54, 1.807) is 0 Å². The van der Waals surface area contributed by atoms with Crippen molar-refractivity contribution in [1.29, 1.82) is 0 Å². The second-order valence-corrected chi connectivity index (χ2v) is 5.78. The Balaban J connectivity index is 1.50. The third-order valence-electron chi connectivity index (χ3n) is 6.36. The van der Waals surface area contributed by atoms with Gasteiger partial charge in [-0.25, -0.2) is 0 Å². The lowest BCUT2D eigenvalue weighted by Gasteiger charge is -3.08. The Morgan fingerprint density at radius 1 is 1.00 bits per heavy atom. The summed E-state index contributed by atoms with van der Waals surface area (Å²) >= 11 is 0. The number of hydrogen-bond donors (Lipinski definition) is 1. The number of nitrogens with one attached hydrogen (secondary N) is 1.